The van der Waals surface area contributed by atoms with Gasteiger partial charge in [-0.3, -0.25) is 4.68 Å². The highest BCUT2D eigenvalue weighted by atomic mass is 79.9. The number of aromatic nitrogens is 6. The SMILES string of the molecule is Cn1ccc(-c2cc3nc(-n4cc(Br)cn4)nc(N4CCOCC4)c3o2)n1. The van der Waals surface area contributed by atoms with E-state index in [1.807, 2.05) is 31.6 Å². The summed E-state index contributed by atoms with van der Waals surface area (Å²) in [5.41, 5.74) is 2.12. The van der Waals surface area contributed by atoms with Crippen molar-refractivity contribution >= 4 is 32.8 Å². The van der Waals surface area contributed by atoms with E-state index >= 15 is 0 Å². The van der Waals surface area contributed by atoms with Crippen molar-refractivity contribution in [1.29, 1.82) is 0 Å². The van der Waals surface area contributed by atoms with Crippen molar-refractivity contribution in [3.63, 3.8) is 0 Å². The molecular weight excluding hydrogens is 414 g/mol. The van der Waals surface area contributed by atoms with Crippen LogP contribution in [0.5, 0.6) is 0 Å². The van der Waals surface area contributed by atoms with Gasteiger partial charge in [0, 0.05) is 38.6 Å². The van der Waals surface area contributed by atoms with Crippen LogP contribution in [0.4, 0.5) is 5.82 Å². The van der Waals surface area contributed by atoms with Gasteiger partial charge in [0.1, 0.15) is 11.2 Å². The second kappa shape index (κ2) is 6.46. The van der Waals surface area contributed by atoms with E-state index in [0.717, 1.165) is 29.1 Å². The average Bonchev–Trinajstić information content (AvgIpc) is 3.40. The largest absolute Gasteiger partial charge is 0.449 e. The topological polar surface area (TPSA) is 87.0 Å². The van der Waals surface area contributed by atoms with Crippen LogP contribution in [0.2, 0.25) is 0 Å². The second-order valence-corrected chi connectivity index (χ2v) is 7.17. The molecule has 0 radical (unpaired) electrons. The van der Waals surface area contributed by atoms with Crippen LogP contribution in [0.25, 0.3) is 28.5 Å². The molecule has 138 valence electrons. The Kier molecular flexibility index (Phi) is 3.94. The summed E-state index contributed by atoms with van der Waals surface area (Å²) in [5.74, 6) is 1.89. The Labute approximate surface area is 162 Å². The zero-order valence-electron chi connectivity index (χ0n) is 14.5. The third-order valence-corrected chi connectivity index (χ3v) is 4.78. The maximum Gasteiger partial charge on any atom is 0.253 e. The summed E-state index contributed by atoms with van der Waals surface area (Å²) >= 11 is 3.42. The minimum Gasteiger partial charge on any atom is -0.449 e. The van der Waals surface area contributed by atoms with E-state index in [2.05, 4.69) is 36.0 Å². The lowest BCUT2D eigenvalue weighted by Crippen LogP contribution is -2.37. The van der Waals surface area contributed by atoms with Gasteiger partial charge in [0.2, 0.25) is 0 Å². The summed E-state index contributed by atoms with van der Waals surface area (Å²) in [6, 6.07) is 3.80. The molecule has 0 spiro atoms. The highest BCUT2D eigenvalue weighted by molar-refractivity contribution is 9.10. The molecule has 4 aromatic heterocycles. The summed E-state index contributed by atoms with van der Waals surface area (Å²) in [6.07, 6.45) is 5.41. The number of hydrogen-bond acceptors (Lipinski definition) is 7. The van der Waals surface area contributed by atoms with Gasteiger partial charge in [-0.2, -0.15) is 15.2 Å². The molecule has 1 saturated heterocycles. The lowest BCUT2D eigenvalue weighted by molar-refractivity contribution is 0.122. The first-order valence-corrected chi connectivity index (χ1v) is 9.31. The van der Waals surface area contributed by atoms with Crippen molar-refractivity contribution in [3.8, 4) is 17.4 Å². The fourth-order valence-corrected chi connectivity index (χ4v) is 3.36. The molecule has 4 aromatic rings. The number of ether oxygens (including phenoxy) is 1. The van der Waals surface area contributed by atoms with Gasteiger partial charge in [0.15, 0.2) is 17.2 Å². The number of rotatable bonds is 3. The molecule has 0 aliphatic carbocycles. The number of hydrogen-bond donors (Lipinski definition) is 0. The van der Waals surface area contributed by atoms with Crippen LogP contribution in [0.1, 0.15) is 0 Å². The molecule has 1 aliphatic heterocycles. The van der Waals surface area contributed by atoms with Gasteiger partial charge in [0.05, 0.1) is 23.9 Å². The summed E-state index contributed by atoms with van der Waals surface area (Å²) in [4.78, 5) is 11.5. The molecule has 27 heavy (non-hydrogen) atoms. The highest BCUT2D eigenvalue weighted by Gasteiger charge is 2.22. The van der Waals surface area contributed by atoms with E-state index in [1.165, 1.54) is 0 Å². The Morgan fingerprint density at radius 3 is 2.74 bits per heavy atom. The fraction of sp³-hybridized carbons (Fsp3) is 0.294. The predicted molar refractivity (Wildman–Crippen MR) is 102 cm³/mol. The average molecular weight is 430 g/mol. The quantitative estimate of drug-likeness (QED) is 0.493. The lowest BCUT2D eigenvalue weighted by Gasteiger charge is -2.27. The van der Waals surface area contributed by atoms with Gasteiger partial charge in [-0.05, 0) is 22.0 Å². The minimum absolute atomic E-state index is 0.489. The lowest BCUT2D eigenvalue weighted by atomic mass is 10.3. The number of fused-ring (bicyclic) bond motifs is 1. The van der Waals surface area contributed by atoms with Gasteiger partial charge < -0.3 is 14.1 Å². The highest BCUT2D eigenvalue weighted by Crippen LogP contribution is 2.32. The zero-order valence-corrected chi connectivity index (χ0v) is 16.1. The number of halogens is 1. The molecule has 0 aromatic carbocycles. The number of anilines is 1. The third-order valence-electron chi connectivity index (χ3n) is 4.37. The van der Waals surface area contributed by atoms with Crippen LogP contribution >= 0.6 is 15.9 Å². The molecule has 0 N–H and O–H groups in total. The Bertz CT molecular complexity index is 1110. The van der Waals surface area contributed by atoms with Crippen LogP contribution in [0.15, 0.2) is 39.6 Å². The second-order valence-electron chi connectivity index (χ2n) is 6.25. The molecule has 0 saturated carbocycles. The van der Waals surface area contributed by atoms with E-state index in [4.69, 9.17) is 14.1 Å². The van der Waals surface area contributed by atoms with Crippen LogP contribution in [0.3, 0.4) is 0 Å². The molecule has 1 aliphatic rings. The van der Waals surface area contributed by atoms with Crippen molar-refractivity contribution in [2.24, 2.45) is 7.05 Å². The van der Waals surface area contributed by atoms with Gasteiger partial charge in [-0.25, -0.2) is 9.67 Å². The smallest absolute Gasteiger partial charge is 0.253 e. The van der Waals surface area contributed by atoms with Gasteiger partial charge >= 0.3 is 0 Å². The molecule has 5 rings (SSSR count). The van der Waals surface area contributed by atoms with E-state index in [-0.39, 0.29) is 0 Å². The van der Waals surface area contributed by atoms with Crippen LogP contribution in [-0.2, 0) is 11.8 Å². The molecule has 0 unspecified atom stereocenters. The van der Waals surface area contributed by atoms with E-state index < -0.39 is 0 Å². The van der Waals surface area contributed by atoms with Crippen molar-refractivity contribution < 1.29 is 9.15 Å². The minimum atomic E-state index is 0.489. The van der Waals surface area contributed by atoms with Crippen molar-refractivity contribution in [2.45, 2.75) is 0 Å². The number of furan rings is 1. The molecule has 0 bridgehead atoms. The predicted octanol–water partition coefficient (Wildman–Crippen LogP) is 2.41. The monoisotopic (exact) mass is 429 g/mol. The Morgan fingerprint density at radius 1 is 1.19 bits per heavy atom. The summed E-state index contributed by atoms with van der Waals surface area (Å²) in [7, 11) is 1.87. The molecule has 1 fully saturated rings. The van der Waals surface area contributed by atoms with Crippen LogP contribution in [0, 0.1) is 0 Å². The van der Waals surface area contributed by atoms with Crippen molar-refractivity contribution in [3.05, 3.63) is 35.2 Å². The first-order valence-electron chi connectivity index (χ1n) is 8.52. The Morgan fingerprint density at radius 2 is 2.04 bits per heavy atom. The molecular formula is C17H16BrN7O2. The summed E-state index contributed by atoms with van der Waals surface area (Å²) < 4.78 is 15.8. The van der Waals surface area contributed by atoms with E-state index in [0.29, 0.717) is 36.0 Å². The number of nitrogens with zero attached hydrogens (tertiary/aromatic N) is 7. The van der Waals surface area contributed by atoms with Crippen LogP contribution < -0.4 is 4.90 Å². The molecule has 9 nitrogen and oxygen atoms in total. The van der Waals surface area contributed by atoms with Crippen molar-refractivity contribution in [1.82, 2.24) is 29.5 Å². The maximum atomic E-state index is 6.13. The van der Waals surface area contributed by atoms with E-state index in [9.17, 15) is 0 Å². The number of morpholine rings is 1. The summed E-state index contributed by atoms with van der Waals surface area (Å²) in [6.45, 7) is 2.80. The fourth-order valence-electron chi connectivity index (χ4n) is 3.08. The molecule has 0 atom stereocenters. The van der Waals surface area contributed by atoms with E-state index in [1.54, 1.807) is 15.6 Å². The zero-order chi connectivity index (χ0) is 18.4. The van der Waals surface area contributed by atoms with Gasteiger partial charge in [-0.15, -0.1) is 0 Å². The number of aryl methyl sites for hydroxylation is 1. The normalized spacial score (nSPS) is 15.0. The third kappa shape index (κ3) is 3.00. The Hall–Kier alpha value is -2.72. The van der Waals surface area contributed by atoms with Crippen LogP contribution in [-0.4, -0.2) is 55.8 Å². The van der Waals surface area contributed by atoms with Crippen molar-refractivity contribution in [2.75, 3.05) is 31.2 Å². The maximum absolute atomic E-state index is 6.13. The van der Waals surface area contributed by atoms with Gasteiger partial charge in [0.25, 0.3) is 5.95 Å². The molecule has 0 amide bonds. The first kappa shape index (κ1) is 16.5. The Balaban J connectivity index is 1.68. The molecule has 5 heterocycles. The molecule has 10 heteroatoms. The van der Waals surface area contributed by atoms with Gasteiger partial charge in [-0.1, -0.05) is 0 Å². The standard InChI is InChI=1S/C17H16BrN7O2/c1-23-3-2-12(22-23)14-8-13-15(27-14)16(24-4-6-26-7-5-24)21-17(20-13)25-10-11(18)9-19-25/h2-3,8-10H,4-7H2,1H3. The summed E-state index contributed by atoms with van der Waals surface area (Å²) in [5, 5.41) is 8.72. The first-order chi connectivity index (χ1) is 13.2.